The zero-order valence-electron chi connectivity index (χ0n) is 9.28. The zero-order chi connectivity index (χ0) is 12.2. The summed E-state index contributed by atoms with van der Waals surface area (Å²) in [5.41, 5.74) is 0. The van der Waals surface area contributed by atoms with Gasteiger partial charge in [0.25, 0.3) is 0 Å². The average Bonchev–Trinajstić information content (AvgIpc) is 2.16. The summed E-state index contributed by atoms with van der Waals surface area (Å²) in [4.78, 5) is 13.2. The van der Waals surface area contributed by atoms with E-state index in [1.54, 1.807) is 4.90 Å². The first-order chi connectivity index (χ1) is 7.42. The fourth-order valence-electron chi connectivity index (χ4n) is 1.79. The molecule has 0 atom stereocenters. The summed E-state index contributed by atoms with van der Waals surface area (Å²) in [7, 11) is -3.15. The van der Waals surface area contributed by atoms with Gasteiger partial charge in [0.2, 0.25) is 15.9 Å². The largest absolute Gasteiger partial charge is 0.343 e. The van der Waals surface area contributed by atoms with Crippen LogP contribution in [-0.2, 0) is 14.8 Å². The Balaban J connectivity index is 2.37. The number of nitrogens with one attached hydrogen (secondary N) is 1. The number of nitrogens with zero attached hydrogens (tertiary/aromatic N) is 1. The molecular formula is C9H17ClN2O3S. The molecule has 1 aliphatic heterocycles. The van der Waals surface area contributed by atoms with Crippen molar-refractivity contribution in [1.82, 2.24) is 9.62 Å². The van der Waals surface area contributed by atoms with Crippen molar-refractivity contribution >= 4 is 27.5 Å². The van der Waals surface area contributed by atoms with Gasteiger partial charge in [0, 0.05) is 31.4 Å². The van der Waals surface area contributed by atoms with Gasteiger partial charge in [0.15, 0.2) is 0 Å². The predicted molar refractivity (Wildman–Crippen MR) is 62.9 cm³/mol. The quantitative estimate of drug-likeness (QED) is 0.739. The third-order valence-corrected chi connectivity index (χ3v) is 3.49. The van der Waals surface area contributed by atoms with Crippen LogP contribution in [0.5, 0.6) is 0 Å². The highest BCUT2D eigenvalue weighted by atomic mass is 35.5. The zero-order valence-corrected chi connectivity index (χ0v) is 10.9. The molecule has 0 aromatic carbocycles. The van der Waals surface area contributed by atoms with Crippen LogP contribution < -0.4 is 4.72 Å². The Morgan fingerprint density at radius 1 is 1.44 bits per heavy atom. The lowest BCUT2D eigenvalue weighted by atomic mass is 10.1. The van der Waals surface area contributed by atoms with Crippen LogP contribution in [0.2, 0.25) is 0 Å². The molecule has 1 rings (SSSR count). The van der Waals surface area contributed by atoms with Gasteiger partial charge in [0.05, 0.1) is 6.26 Å². The third-order valence-electron chi connectivity index (χ3n) is 2.54. The van der Waals surface area contributed by atoms with Crippen molar-refractivity contribution in [3.05, 3.63) is 0 Å². The smallest absolute Gasteiger partial charge is 0.223 e. The summed E-state index contributed by atoms with van der Waals surface area (Å²) in [6.45, 7) is 1.20. The Morgan fingerprint density at radius 3 is 2.44 bits per heavy atom. The van der Waals surface area contributed by atoms with Crippen LogP contribution in [0.1, 0.15) is 19.3 Å². The van der Waals surface area contributed by atoms with Crippen LogP contribution >= 0.6 is 11.6 Å². The number of carbonyl (C=O) groups is 1. The Bertz CT molecular complexity index is 337. The molecule has 0 aliphatic carbocycles. The van der Waals surface area contributed by atoms with Gasteiger partial charge in [-0.1, -0.05) is 0 Å². The van der Waals surface area contributed by atoms with Crippen LogP contribution in [0.25, 0.3) is 0 Å². The summed E-state index contributed by atoms with van der Waals surface area (Å²) in [5.74, 6) is 0.383. The van der Waals surface area contributed by atoms with Crippen molar-refractivity contribution in [2.45, 2.75) is 25.3 Å². The lowest BCUT2D eigenvalue weighted by Crippen LogP contribution is -2.46. The first-order valence-electron chi connectivity index (χ1n) is 5.23. The van der Waals surface area contributed by atoms with Gasteiger partial charge in [-0.2, -0.15) is 0 Å². The highest BCUT2D eigenvalue weighted by molar-refractivity contribution is 7.88. The van der Waals surface area contributed by atoms with Crippen LogP contribution in [0.15, 0.2) is 0 Å². The van der Waals surface area contributed by atoms with Gasteiger partial charge >= 0.3 is 0 Å². The van der Waals surface area contributed by atoms with Crippen LogP contribution in [0.4, 0.5) is 0 Å². The number of amides is 1. The van der Waals surface area contributed by atoms with E-state index in [1.165, 1.54) is 0 Å². The monoisotopic (exact) mass is 268 g/mol. The van der Waals surface area contributed by atoms with Crippen molar-refractivity contribution in [1.29, 1.82) is 0 Å². The molecule has 0 aromatic heterocycles. The first-order valence-corrected chi connectivity index (χ1v) is 7.66. The maximum absolute atomic E-state index is 11.5. The molecular weight excluding hydrogens is 252 g/mol. The second-order valence-electron chi connectivity index (χ2n) is 3.98. The summed E-state index contributed by atoms with van der Waals surface area (Å²) in [6.07, 6.45) is 2.84. The number of halogens is 1. The van der Waals surface area contributed by atoms with Crippen molar-refractivity contribution in [3.63, 3.8) is 0 Å². The second kappa shape index (κ2) is 5.84. The lowest BCUT2D eigenvalue weighted by Gasteiger charge is -2.31. The van der Waals surface area contributed by atoms with Gasteiger partial charge in [-0.25, -0.2) is 13.1 Å². The Morgan fingerprint density at radius 2 is 2.00 bits per heavy atom. The van der Waals surface area contributed by atoms with Gasteiger partial charge in [-0.05, 0) is 12.8 Å². The van der Waals surface area contributed by atoms with E-state index in [9.17, 15) is 13.2 Å². The topological polar surface area (TPSA) is 66.5 Å². The molecule has 1 N–H and O–H groups in total. The van der Waals surface area contributed by atoms with Crippen molar-refractivity contribution < 1.29 is 13.2 Å². The minimum atomic E-state index is -3.15. The van der Waals surface area contributed by atoms with E-state index in [1.807, 2.05) is 0 Å². The number of piperidine rings is 1. The molecule has 5 nitrogen and oxygen atoms in total. The third kappa shape index (κ3) is 4.67. The summed E-state index contributed by atoms with van der Waals surface area (Å²) >= 11 is 5.49. The molecule has 0 unspecified atom stereocenters. The van der Waals surface area contributed by atoms with Crippen molar-refractivity contribution in [3.8, 4) is 0 Å². The second-order valence-corrected chi connectivity index (χ2v) is 6.14. The van der Waals surface area contributed by atoms with Gasteiger partial charge in [-0.15, -0.1) is 11.6 Å². The molecule has 1 saturated heterocycles. The lowest BCUT2D eigenvalue weighted by molar-refractivity contribution is -0.131. The number of rotatable bonds is 4. The van der Waals surface area contributed by atoms with Crippen molar-refractivity contribution in [2.24, 2.45) is 0 Å². The summed E-state index contributed by atoms with van der Waals surface area (Å²) in [5, 5.41) is 0. The highest BCUT2D eigenvalue weighted by Gasteiger charge is 2.23. The van der Waals surface area contributed by atoms with E-state index < -0.39 is 10.0 Å². The Hall–Kier alpha value is -0.330. The minimum Gasteiger partial charge on any atom is -0.343 e. The molecule has 1 fully saturated rings. The number of carbonyl (C=O) groups excluding carboxylic acids is 1. The summed E-state index contributed by atoms with van der Waals surface area (Å²) < 4.78 is 24.6. The minimum absolute atomic E-state index is 0.0462. The van der Waals surface area contributed by atoms with E-state index >= 15 is 0 Å². The fourth-order valence-corrected chi connectivity index (χ4v) is 2.79. The SMILES string of the molecule is CS(=O)(=O)NC1CCN(C(=O)CCCl)CC1. The molecule has 94 valence electrons. The van der Waals surface area contributed by atoms with E-state index in [-0.39, 0.29) is 11.9 Å². The number of likely N-dealkylation sites (tertiary alicyclic amines) is 1. The number of alkyl halides is 1. The average molecular weight is 269 g/mol. The molecule has 0 bridgehead atoms. The molecule has 1 amide bonds. The Labute approximate surface area is 101 Å². The van der Waals surface area contributed by atoms with Gasteiger partial charge < -0.3 is 4.90 Å². The van der Waals surface area contributed by atoms with Crippen molar-refractivity contribution in [2.75, 3.05) is 25.2 Å². The Kier molecular flexibility index (Phi) is 5.01. The van der Waals surface area contributed by atoms with E-state index in [0.717, 1.165) is 6.26 Å². The molecule has 1 aliphatic rings. The normalized spacial score (nSPS) is 18.8. The first kappa shape index (κ1) is 13.7. The molecule has 0 spiro atoms. The maximum Gasteiger partial charge on any atom is 0.223 e. The molecule has 16 heavy (non-hydrogen) atoms. The van der Waals surface area contributed by atoms with Crippen LogP contribution in [0, 0.1) is 0 Å². The summed E-state index contributed by atoms with van der Waals surface area (Å²) in [6, 6.07) is -0.0462. The van der Waals surface area contributed by atoms with Crippen LogP contribution in [0.3, 0.4) is 0 Å². The standard InChI is InChI=1S/C9H17ClN2O3S/c1-16(14,15)11-8-3-6-12(7-4-8)9(13)2-5-10/h8,11H,2-7H2,1H3. The maximum atomic E-state index is 11.5. The molecule has 0 aromatic rings. The predicted octanol–water partition coefficient (Wildman–Crippen LogP) is 0.155. The molecule has 0 saturated carbocycles. The molecule has 7 heteroatoms. The number of sulfonamides is 1. The van der Waals surface area contributed by atoms with E-state index in [2.05, 4.69) is 4.72 Å². The number of hydrogen-bond acceptors (Lipinski definition) is 3. The van der Waals surface area contributed by atoms with Gasteiger partial charge in [-0.3, -0.25) is 4.79 Å². The van der Waals surface area contributed by atoms with E-state index in [4.69, 9.17) is 11.6 Å². The highest BCUT2D eigenvalue weighted by Crippen LogP contribution is 2.12. The van der Waals surface area contributed by atoms with Gasteiger partial charge in [0.1, 0.15) is 0 Å². The molecule has 1 heterocycles. The number of hydrogen-bond donors (Lipinski definition) is 1. The molecule has 0 radical (unpaired) electrons. The van der Waals surface area contributed by atoms with Crippen LogP contribution in [-0.4, -0.2) is 50.5 Å². The van der Waals surface area contributed by atoms with E-state index in [0.29, 0.717) is 38.2 Å². The fraction of sp³-hybridized carbons (Fsp3) is 0.889.